The Kier molecular flexibility index (Phi) is 4.25. The summed E-state index contributed by atoms with van der Waals surface area (Å²) in [6.07, 6.45) is -0.232. The van der Waals surface area contributed by atoms with E-state index < -0.39 is 29.6 Å². The van der Waals surface area contributed by atoms with Crippen molar-refractivity contribution in [1.29, 1.82) is 5.26 Å². The van der Waals surface area contributed by atoms with E-state index in [1.54, 1.807) is 6.07 Å². The number of ether oxygens (including phenoxy) is 2. The smallest absolute Gasteiger partial charge is 0.292 e. The molecule has 0 bridgehead atoms. The van der Waals surface area contributed by atoms with Gasteiger partial charge < -0.3 is 15.2 Å². The summed E-state index contributed by atoms with van der Waals surface area (Å²) < 4.78 is 38.7. The molecule has 0 aromatic heterocycles. The van der Waals surface area contributed by atoms with Gasteiger partial charge in [0.1, 0.15) is 24.5 Å². The predicted molar refractivity (Wildman–Crippen MR) is 70.5 cm³/mol. The highest BCUT2D eigenvalue weighted by Crippen LogP contribution is 2.46. The van der Waals surface area contributed by atoms with E-state index in [1.165, 1.54) is 6.07 Å². The first-order valence-corrected chi connectivity index (χ1v) is 6.35. The second-order valence-corrected chi connectivity index (χ2v) is 4.86. The summed E-state index contributed by atoms with van der Waals surface area (Å²) >= 11 is 0. The predicted octanol–water partition coefficient (Wildman–Crippen LogP) is 1.71. The molecule has 0 spiro atoms. The number of nitrogens with two attached hydrogens (primary N) is 1. The van der Waals surface area contributed by atoms with Gasteiger partial charge >= 0.3 is 0 Å². The van der Waals surface area contributed by atoms with Gasteiger partial charge in [0.2, 0.25) is 0 Å². The maximum absolute atomic E-state index is 14.4. The van der Waals surface area contributed by atoms with Crippen molar-refractivity contribution in [3.63, 3.8) is 0 Å². The molecular weight excluding hydrogens is 300 g/mol. The van der Waals surface area contributed by atoms with E-state index in [0.29, 0.717) is 0 Å². The molecule has 0 amide bonds. The number of fused-ring (bicyclic) bond motifs is 1. The van der Waals surface area contributed by atoms with Crippen molar-refractivity contribution in [3.8, 4) is 11.8 Å². The highest BCUT2D eigenvalue weighted by Gasteiger charge is 2.55. The van der Waals surface area contributed by atoms with Crippen LogP contribution in [0.25, 0.3) is 0 Å². The van der Waals surface area contributed by atoms with E-state index in [4.69, 9.17) is 15.7 Å². The van der Waals surface area contributed by atoms with Crippen LogP contribution in [0.4, 0.5) is 14.5 Å². The van der Waals surface area contributed by atoms with Crippen LogP contribution in [-0.2, 0) is 10.3 Å². The molecule has 0 aliphatic carbocycles. The number of nitro benzene ring substituents is 1. The van der Waals surface area contributed by atoms with Crippen LogP contribution >= 0.6 is 0 Å². The zero-order chi connectivity index (χ0) is 16.4. The number of halogens is 2. The van der Waals surface area contributed by atoms with E-state index in [0.717, 1.165) is 12.1 Å². The molecule has 1 heterocycles. The van der Waals surface area contributed by atoms with Gasteiger partial charge in [-0.05, 0) is 6.07 Å². The second-order valence-electron chi connectivity index (χ2n) is 4.86. The number of hydrogen-bond donors (Lipinski definition) is 1. The molecule has 9 heteroatoms. The molecule has 0 unspecified atom stereocenters. The third-order valence-corrected chi connectivity index (χ3v) is 3.51. The Labute approximate surface area is 124 Å². The quantitative estimate of drug-likeness (QED) is 0.503. The molecule has 7 nitrogen and oxygen atoms in total. The maximum atomic E-state index is 14.4. The monoisotopic (exact) mass is 313 g/mol. The average Bonchev–Trinajstić information content (AvgIpc) is 2.47. The average molecular weight is 313 g/mol. The lowest BCUT2D eigenvalue weighted by Gasteiger charge is -2.40. The molecule has 2 N–H and O–H groups in total. The van der Waals surface area contributed by atoms with Gasteiger partial charge in [0.15, 0.2) is 0 Å². The number of hydrogen-bond acceptors (Lipinski definition) is 6. The summed E-state index contributed by atoms with van der Waals surface area (Å²) in [5.41, 5.74) is 3.23. The Balaban J connectivity index is 2.42. The largest absolute Gasteiger partial charge is 0.493 e. The fourth-order valence-electron chi connectivity index (χ4n) is 2.30. The lowest BCUT2D eigenvalue weighted by Crippen LogP contribution is -2.57. The topological polar surface area (TPSA) is 111 Å². The van der Waals surface area contributed by atoms with Crippen molar-refractivity contribution < 1.29 is 23.2 Å². The molecule has 2 rings (SSSR count). The standard InChI is InChI=1S/C13H13F2N3O4/c14-13(15,8-21-6-4-16)12(17)3-5-22-11-2-1-9(18(19)20)7-10(11)12/h1-2,7H,3,5-6,8,17H2/t12-/m1/s1. The molecule has 0 radical (unpaired) electrons. The number of benzene rings is 1. The molecule has 1 atom stereocenters. The van der Waals surface area contributed by atoms with Crippen molar-refractivity contribution in [2.24, 2.45) is 5.73 Å². The van der Waals surface area contributed by atoms with Crippen LogP contribution in [0, 0.1) is 21.4 Å². The zero-order valence-electron chi connectivity index (χ0n) is 11.4. The minimum absolute atomic E-state index is 0.0465. The highest BCUT2D eigenvalue weighted by molar-refractivity contribution is 5.49. The van der Waals surface area contributed by atoms with Crippen LogP contribution in [-0.4, -0.2) is 30.7 Å². The molecule has 1 aliphatic rings. The van der Waals surface area contributed by atoms with Gasteiger partial charge in [-0.25, -0.2) is 8.78 Å². The Bertz CT molecular complexity index is 632. The summed E-state index contributed by atoms with van der Waals surface area (Å²) in [5, 5.41) is 19.2. The van der Waals surface area contributed by atoms with Crippen LogP contribution in [0.2, 0.25) is 0 Å². The summed E-state index contributed by atoms with van der Waals surface area (Å²) in [6, 6.07) is 4.99. The van der Waals surface area contributed by atoms with Gasteiger partial charge in [-0.15, -0.1) is 0 Å². The Morgan fingerprint density at radius 3 is 2.95 bits per heavy atom. The molecule has 1 aliphatic heterocycles. The van der Waals surface area contributed by atoms with E-state index in [9.17, 15) is 18.9 Å². The van der Waals surface area contributed by atoms with Crippen molar-refractivity contribution in [1.82, 2.24) is 0 Å². The van der Waals surface area contributed by atoms with Crippen molar-refractivity contribution in [2.75, 3.05) is 19.8 Å². The first-order valence-electron chi connectivity index (χ1n) is 6.35. The van der Waals surface area contributed by atoms with E-state index >= 15 is 0 Å². The van der Waals surface area contributed by atoms with E-state index in [2.05, 4.69) is 4.74 Å². The van der Waals surface area contributed by atoms with Gasteiger partial charge in [-0.3, -0.25) is 10.1 Å². The Hall–Kier alpha value is -2.31. The van der Waals surface area contributed by atoms with Crippen LogP contribution in [0.5, 0.6) is 5.75 Å². The highest BCUT2D eigenvalue weighted by atomic mass is 19.3. The lowest BCUT2D eigenvalue weighted by molar-refractivity contribution is -0.385. The molecule has 22 heavy (non-hydrogen) atoms. The molecule has 1 aromatic rings. The van der Waals surface area contributed by atoms with Gasteiger partial charge in [0.05, 0.1) is 17.6 Å². The zero-order valence-corrected chi connectivity index (χ0v) is 11.4. The summed E-state index contributed by atoms with van der Waals surface area (Å²) in [5.74, 6) is -3.43. The summed E-state index contributed by atoms with van der Waals surface area (Å²) in [6.45, 7) is -1.60. The summed E-state index contributed by atoms with van der Waals surface area (Å²) in [7, 11) is 0. The number of non-ortho nitro benzene ring substituents is 1. The normalized spacial score (nSPS) is 20.6. The first kappa shape index (κ1) is 16.1. The molecule has 0 saturated carbocycles. The van der Waals surface area contributed by atoms with Gasteiger partial charge in [-0.2, -0.15) is 5.26 Å². The van der Waals surface area contributed by atoms with Crippen LogP contribution < -0.4 is 10.5 Å². The van der Waals surface area contributed by atoms with Gasteiger partial charge in [-0.1, -0.05) is 0 Å². The molecule has 0 fully saturated rings. The number of nitriles is 1. The second kappa shape index (κ2) is 5.82. The number of nitro groups is 1. The van der Waals surface area contributed by atoms with E-state index in [-0.39, 0.29) is 30.0 Å². The third-order valence-electron chi connectivity index (χ3n) is 3.51. The Morgan fingerprint density at radius 1 is 1.59 bits per heavy atom. The number of rotatable bonds is 5. The third kappa shape index (κ3) is 2.70. The molecule has 0 saturated heterocycles. The Morgan fingerprint density at radius 2 is 2.32 bits per heavy atom. The number of nitrogens with zero attached hydrogens (tertiary/aromatic N) is 2. The van der Waals surface area contributed by atoms with Crippen LogP contribution in [0.15, 0.2) is 18.2 Å². The molecular formula is C13H13F2N3O4. The van der Waals surface area contributed by atoms with Crippen LogP contribution in [0.1, 0.15) is 12.0 Å². The fraction of sp³-hybridized carbons (Fsp3) is 0.462. The minimum atomic E-state index is -3.52. The molecule has 1 aromatic carbocycles. The van der Waals surface area contributed by atoms with E-state index in [1.807, 2.05) is 0 Å². The maximum Gasteiger partial charge on any atom is 0.292 e. The number of alkyl halides is 2. The SMILES string of the molecule is N#CCOCC(F)(F)[C@@]1(N)CCOc2ccc([N+](=O)[O-])cc21. The van der Waals surface area contributed by atoms with Crippen molar-refractivity contribution in [2.45, 2.75) is 17.9 Å². The first-order chi connectivity index (χ1) is 10.3. The minimum Gasteiger partial charge on any atom is -0.493 e. The van der Waals surface area contributed by atoms with Crippen molar-refractivity contribution >= 4 is 5.69 Å². The van der Waals surface area contributed by atoms with Crippen LogP contribution in [0.3, 0.4) is 0 Å². The lowest BCUT2D eigenvalue weighted by atomic mass is 9.80. The fourth-order valence-corrected chi connectivity index (χ4v) is 2.30. The summed E-state index contributed by atoms with van der Waals surface area (Å²) in [4.78, 5) is 10.1. The molecule has 118 valence electrons. The van der Waals surface area contributed by atoms with Crippen molar-refractivity contribution in [3.05, 3.63) is 33.9 Å². The van der Waals surface area contributed by atoms with Gasteiger partial charge in [0, 0.05) is 24.1 Å². The van der Waals surface area contributed by atoms with Gasteiger partial charge in [0.25, 0.3) is 11.6 Å².